The van der Waals surface area contributed by atoms with Gasteiger partial charge in [-0.25, -0.2) is 9.48 Å². The molecule has 7 heteroatoms. The molecule has 0 fully saturated rings. The van der Waals surface area contributed by atoms with Crippen molar-refractivity contribution in [2.45, 2.75) is 33.2 Å². The van der Waals surface area contributed by atoms with Crippen LogP contribution in [0.2, 0.25) is 0 Å². The molecule has 1 aromatic heterocycles. The van der Waals surface area contributed by atoms with Crippen molar-refractivity contribution in [3.05, 3.63) is 46.4 Å². The zero-order valence-electron chi connectivity index (χ0n) is 15.1. The Labute approximate surface area is 147 Å². The molecule has 2 rings (SSSR count). The highest BCUT2D eigenvalue weighted by atomic mass is 16.3. The number of nitrogens with one attached hydrogen (secondary N) is 2. The third-order valence-corrected chi connectivity index (χ3v) is 4.35. The fourth-order valence-electron chi connectivity index (χ4n) is 2.74. The average molecular weight is 346 g/mol. The lowest BCUT2D eigenvalue weighted by atomic mass is 10.0. The van der Waals surface area contributed by atoms with E-state index in [1.807, 2.05) is 44.2 Å². The summed E-state index contributed by atoms with van der Waals surface area (Å²) >= 11 is 0. The van der Waals surface area contributed by atoms with Gasteiger partial charge in [0.1, 0.15) is 5.69 Å². The first-order chi connectivity index (χ1) is 11.9. The number of aromatic nitrogens is 2. The summed E-state index contributed by atoms with van der Waals surface area (Å²) in [6, 6.07) is 8.65. The molecule has 1 atom stereocenters. The molecule has 2 aromatic rings. The Morgan fingerprint density at radius 2 is 1.88 bits per heavy atom. The minimum Gasteiger partial charge on any atom is -0.396 e. The first-order valence-electron chi connectivity index (χ1n) is 8.39. The van der Waals surface area contributed by atoms with Crippen LogP contribution in [0, 0.1) is 12.8 Å². The van der Waals surface area contributed by atoms with Gasteiger partial charge in [0.25, 0.3) is 5.56 Å². The van der Waals surface area contributed by atoms with Crippen LogP contribution in [-0.2, 0) is 7.05 Å². The number of benzene rings is 1. The van der Waals surface area contributed by atoms with Crippen LogP contribution in [0.4, 0.5) is 10.5 Å². The molecule has 2 amide bonds. The Kier molecular flexibility index (Phi) is 6.03. The zero-order valence-corrected chi connectivity index (χ0v) is 15.1. The van der Waals surface area contributed by atoms with Gasteiger partial charge in [0, 0.05) is 19.7 Å². The summed E-state index contributed by atoms with van der Waals surface area (Å²) in [5.41, 5.74) is 1.35. The first-order valence-corrected chi connectivity index (χ1v) is 8.39. The molecule has 0 bridgehead atoms. The number of carbonyl (C=O) groups is 1. The highest BCUT2D eigenvalue weighted by Crippen LogP contribution is 2.14. The SMILES string of the molecule is Cc1c(NC(=O)NC(CCO)C(C)C)c(=O)n(-c2ccccc2)n1C. The van der Waals surface area contributed by atoms with Crippen molar-refractivity contribution in [2.24, 2.45) is 13.0 Å². The Morgan fingerprint density at radius 3 is 2.44 bits per heavy atom. The number of nitrogens with zero attached hydrogens (tertiary/aromatic N) is 2. The van der Waals surface area contributed by atoms with Gasteiger partial charge in [-0.15, -0.1) is 0 Å². The van der Waals surface area contributed by atoms with Crippen molar-refractivity contribution in [1.29, 1.82) is 0 Å². The number of amides is 2. The first kappa shape index (κ1) is 18.8. The van der Waals surface area contributed by atoms with Crippen molar-refractivity contribution in [3.63, 3.8) is 0 Å². The minimum atomic E-state index is -0.446. The molecular weight excluding hydrogens is 320 g/mol. The Morgan fingerprint density at radius 1 is 1.24 bits per heavy atom. The van der Waals surface area contributed by atoms with E-state index in [1.54, 1.807) is 18.7 Å². The Balaban J connectivity index is 2.26. The average Bonchev–Trinajstić information content (AvgIpc) is 2.79. The summed E-state index contributed by atoms with van der Waals surface area (Å²) < 4.78 is 3.22. The molecule has 0 saturated carbocycles. The third kappa shape index (κ3) is 4.11. The number of hydrogen-bond acceptors (Lipinski definition) is 3. The summed E-state index contributed by atoms with van der Waals surface area (Å²) in [6.45, 7) is 5.71. The summed E-state index contributed by atoms with van der Waals surface area (Å²) in [7, 11) is 1.77. The Hall–Kier alpha value is -2.54. The van der Waals surface area contributed by atoms with Crippen molar-refractivity contribution in [2.75, 3.05) is 11.9 Å². The highest BCUT2D eigenvalue weighted by molar-refractivity contribution is 5.90. The van der Waals surface area contributed by atoms with E-state index in [0.29, 0.717) is 12.1 Å². The van der Waals surface area contributed by atoms with Crippen LogP contribution in [0.1, 0.15) is 26.0 Å². The Bertz CT molecular complexity index is 778. The molecule has 1 unspecified atom stereocenters. The van der Waals surface area contributed by atoms with Crippen molar-refractivity contribution < 1.29 is 9.90 Å². The molecule has 0 aliphatic heterocycles. The van der Waals surface area contributed by atoms with Gasteiger partial charge in [0.15, 0.2) is 0 Å². The summed E-state index contributed by atoms with van der Waals surface area (Å²) in [5.74, 6) is 0.177. The monoisotopic (exact) mass is 346 g/mol. The molecule has 3 N–H and O–H groups in total. The molecule has 0 spiro atoms. The maximum Gasteiger partial charge on any atom is 0.319 e. The lowest BCUT2D eigenvalue weighted by molar-refractivity contribution is 0.227. The van der Waals surface area contributed by atoms with Gasteiger partial charge in [-0.05, 0) is 31.4 Å². The largest absolute Gasteiger partial charge is 0.396 e. The van der Waals surface area contributed by atoms with Gasteiger partial charge < -0.3 is 15.7 Å². The molecule has 1 heterocycles. The number of aliphatic hydroxyl groups is 1. The number of para-hydroxylation sites is 1. The molecule has 136 valence electrons. The quantitative estimate of drug-likeness (QED) is 0.748. The maximum absolute atomic E-state index is 12.8. The summed E-state index contributed by atoms with van der Waals surface area (Å²) in [4.78, 5) is 25.1. The fraction of sp³-hybridized carbons (Fsp3) is 0.444. The van der Waals surface area contributed by atoms with Crippen LogP contribution in [0.5, 0.6) is 0 Å². The van der Waals surface area contributed by atoms with Crippen LogP contribution < -0.4 is 16.2 Å². The zero-order chi connectivity index (χ0) is 18.6. The van der Waals surface area contributed by atoms with Crippen molar-refractivity contribution in [1.82, 2.24) is 14.7 Å². The second-order valence-electron chi connectivity index (χ2n) is 6.40. The van der Waals surface area contributed by atoms with Crippen LogP contribution >= 0.6 is 0 Å². The lowest BCUT2D eigenvalue weighted by Crippen LogP contribution is -2.42. The second-order valence-corrected chi connectivity index (χ2v) is 6.40. The van der Waals surface area contributed by atoms with Gasteiger partial charge in [0.2, 0.25) is 0 Å². The van der Waals surface area contributed by atoms with E-state index < -0.39 is 6.03 Å². The molecule has 0 radical (unpaired) electrons. The van der Waals surface area contributed by atoms with E-state index in [-0.39, 0.29) is 29.8 Å². The van der Waals surface area contributed by atoms with Crippen LogP contribution in [-0.4, -0.2) is 33.1 Å². The standard InChI is InChI=1S/C18H26N4O3/c1-12(2)15(10-11-23)19-18(25)20-16-13(3)21(4)22(17(16)24)14-8-6-5-7-9-14/h5-9,12,15,23H,10-11H2,1-4H3,(H2,19,20,25). The van der Waals surface area contributed by atoms with Gasteiger partial charge >= 0.3 is 6.03 Å². The van der Waals surface area contributed by atoms with Crippen molar-refractivity contribution in [3.8, 4) is 5.69 Å². The van der Waals surface area contributed by atoms with E-state index in [2.05, 4.69) is 10.6 Å². The number of urea groups is 1. The second kappa shape index (κ2) is 8.02. The smallest absolute Gasteiger partial charge is 0.319 e. The third-order valence-electron chi connectivity index (χ3n) is 4.35. The molecule has 25 heavy (non-hydrogen) atoms. The van der Waals surface area contributed by atoms with E-state index in [4.69, 9.17) is 5.11 Å². The molecule has 1 aromatic carbocycles. The normalized spacial score (nSPS) is 12.2. The van der Waals surface area contributed by atoms with E-state index >= 15 is 0 Å². The predicted molar refractivity (Wildman–Crippen MR) is 98.2 cm³/mol. The summed E-state index contributed by atoms with van der Waals surface area (Å²) in [6.07, 6.45) is 0.465. The van der Waals surface area contributed by atoms with Crippen LogP contribution in [0.15, 0.2) is 35.1 Å². The van der Waals surface area contributed by atoms with Gasteiger partial charge in [-0.2, -0.15) is 0 Å². The van der Waals surface area contributed by atoms with Crippen molar-refractivity contribution >= 4 is 11.7 Å². The molecule has 0 aliphatic carbocycles. The maximum atomic E-state index is 12.8. The summed E-state index contributed by atoms with van der Waals surface area (Å²) in [5, 5.41) is 14.6. The predicted octanol–water partition coefficient (Wildman–Crippen LogP) is 2.01. The topological polar surface area (TPSA) is 88.3 Å². The minimum absolute atomic E-state index is 0.00565. The number of anilines is 1. The lowest BCUT2D eigenvalue weighted by Gasteiger charge is -2.21. The van der Waals surface area contributed by atoms with Gasteiger partial charge in [0.05, 0.1) is 11.4 Å². The fourth-order valence-corrected chi connectivity index (χ4v) is 2.74. The molecule has 0 aliphatic rings. The molecular formula is C18H26N4O3. The number of rotatable bonds is 6. The number of hydrogen-bond donors (Lipinski definition) is 3. The highest BCUT2D eigenvalue weighted by Gasteiger charge is 2.20. The number of carbonyl (C=O) groups excluding carboxylic acids is 1. The van der Waals surface area contributed by atoms with Crippen LogP contribution in [0.3, 0.4) is 0 Å². The number of aliphatic hydroxyl groups excluding tert-OH is 1. The molecule has 0 saturated heterocycles. The van der Waals surface area contributed by atoms with Gasteiger partial charge in [-0.1, -0.05) is 32.0 Å². The van der Waals surface area contributed by atoms with Crippen LogP contribution in [0.25, 0.3) is 5.69 Å². The van der Waals surface area contributed by atoms with E-state index in [1.165, 1.54) is 4.68 Å². The van der Waals surface area contributed by atoms with Gasteiger partial charge in [-0.3, -0.25) is 9.48 Å². The molecule has 7 nitrogen and oxygen atoms in total. The van der Waals surface area contributed by atoms with E-state index in [9.17, 15) is 9.59 Å². The van der Waals surface area contributed by atoms with E-state index in [0.717, 1.165) is 5.69 Å².